The zero-order valence-electron chi connectivity index (χ0n) is 14.7. The summed E-state index contributed by atoms with van der Waals surface area (Å²) < 4.78 is 27.6. The van der Waals surface area contributed by atoms with E-state index in [9.17, 15) is 18.0 Å². The minimum Gasteiger partial charge on any atom is -0.366 e. The van der Waals surface area contributed by atoms with E-state index >= 15 is 0 Å². The largest absolute Gasteiger partial charge is 0.366 e. The van der Waals surface area contributed by atoms with Crippen LogP contribution in [0.1, 0.15) is 27.9 Å². The monoisotopic (exact) mass is 385 g/mol. The average molecular weight is 385 g/mol. The van der Waals surface area contributed by atoms with Crippen molar-refractivity contribution in [2.24, 2.45) is 5.73 Å². The van der Waals surface area contributed by atoms with Crippen LogP contribution in [0.25, 0.3) is 0 Å². The minimum atomic E-state index is -3.86. The molecular weight excluding hydrogens is 366 g/mol. The molecule has 27 heavy (non-hydrogen) atoms. The Morgan fingerprint density at radius 3 is 2.70 bits per heavy atom. The van der Waals surface area contributed by atoms with E-state index in [-0.39, 0.29) is 29.5 Å². The van der Waals surface area contributed by atoms with Crippen LogP contribution in [0.4, 0.5) is 5.69 Å². The fourth-order valence-corrected chi connectivity index (χ4v) is 5.58. The van der Waals surface area contributed by atoms with Gasteiger partial charge in [-0.15, -0.1) is 0 Å². The number of nitrogens with one attached hydrogen (secondary N) is 1. The summed E-state index contributed by atoms with van der Waals surface area (Å²) in [7, 11) is -3.86. The molecule has 2 aromatic carbocycles. The van der Waals surface area contributed by atoms with E-state index < -0.39 is 21.3 Å². The lowest BCUT2D eigenvalue weighted by molar-refractivity contribution is -0.120. The van der Waals surface area contributed by atoms with Crippen molar-refractivity contribution in [3.05, 3.63) is 59.2 Å². The van der Waals surface area contributed by atoms with Crippen LogP contribution in [0.2, 0.25) is 0 Å². The molecule has 1 spiro atoms. The van der Waals surface area contributed by atoms with Gasteiger partial charge >= 0.3 is 0 Å². The lowest BCUT2D eigenvalue weighted by Crippen LogP contribution is -2.39. The number of sulfonamides is 1. The third-order valence-corrected chi connectivity index (χ3v) is 7.16. The van der Waals surface area contributed by atoms with Crippen LogP contribution >= 0.6 is 0 Å². The summed E-state index contributed by atoms with van der Waals surface area (Å²) in [6.07, 6.45) is 0.406. The maximum absolute atomic E-state index is 13.2. The van der Waals surface area contributed by atoms with Gasteiger partial charge in [-0.2, -0.15) is 4.31 Å². The van der Waals surface area contributed by atoms with Gasteiger partial charge in [0.1, 0.15) is 0 Å². The van der Waals surface area contributed by atoms with Gasteiger partial charge in [0, 0.05) is 24.3 Å². The van der Waals surface area contributed by atoms with E-state index in [0.29, 0.717) is 12.0 Å². The topological polar surface area (TPSA) is 110 Å². The summed E-state index contributed by atoms with van der Waals surface area (Å²) in [6, 6.07) is 11.7. The van der Waals surface area contributed by atoms with E-state index in [4.69, 9.17) is 5.73 Å². The number of nitrogens with zero attached hydrogens (tertiary/aromatic N) is 1. The number of amides is 2. The highest BCUT2D eigenvalue weighted by Gasteiger charge is 2.53. The first-order valence-electron chi connectivity index (χ1n) is 8.57. The minimum absolute atomic E-state index is 0.0139. The molecule has 140 valence electrons. The Balaban J connectivity index is 1.72. The maximum Gasteiger partial charge on any atom is 0.248 e. The fraction of sp³-hybridized carbons (Fsp3) is 0.263. The van der Waals surface area contributed by atoms with Crippen molar-refractivity contribution < 1.29 is 18.0 Å². The summed E-state index contributed by atoms with van der Waals surface area (Å²) in [6.45, 7) is 2.00. The SMILES string of the molecule is Cc1cc(C(N)=O)cc(S(=O)(=O)N2CCC3(C2)C(=O)Nc2ccccc23)c1. The zero-order chi connectivity index (χ0) is 19.4. The van der Waals surface area contributed by atoms with Gasteiger partial charge in [0.25, 0.3) is 0 Å². The first kappa shape index (κ1) is 17.7. The number of para-hydroxylation sites is 1. The predicted octanol–water partition coefficient (Wildman–Crippen LogP) is 1.38. The molecule has 0 bridgehead atoms. The molecule has 1 saturated heterocycles. The molecule has 1 fully saturated rings. The van der Waals surface area contributed by atoms with Gasteiger partial charge in [-0.1, -0.05) is 18.2 Å². The number of benzene rings is 2. The fourth-order valence-electron chi connectivity index (χ4n) is 3.95. The molecular formula is C19H19N3O4S. The summed E-state index contributed by atoms with van der Waals surface area (Å²) in [5, 5.41) is 2.85. The number of hydrogen-bond donors (Lipinski definition) is 2. The molecule has 1 unspecified atom stereocenters. The molecule has 0 aliphatic carbocycles. The van der Waals surface area contributed by atoms with E-state index in [0.717, 1.165) is 11.3 Å². The maximum atomic E-state index is 13.2. The summed E-state index contributed by atoms with van der Waals surface area (Å²) in [5.74, 6) is -0.861. The number of carbonyl (C=O) groups is 2. The smallest absolute Gasteiger partial charge is 0.248 e. The second-order valence-corrected chi connectivity index (χ2v) is 9.01. The Bertz CT molecular complexity index is 1080. The number of aryl methyl sites for hydroxylation is 1. The van der Waals surface area contributed by atoms with Crippen LogP contribution in [-0.2, 0) is 20.2 Å². The molecule has 2 heterocycles. The van der Waals surface area contributed by atoms with Gasteiger partial charge in [-0.3, -0.25) is 9.59 Å². The van der Waals surface area contributed by atoms with Gasteiger partial charge < -0.3 is 11.1 Å². The Morgan fingerprint density at radius 2 is 1.96 bits per heavy atom. The number of anilines is 1. The van der Waals surface area contributed by atoms with Crippen LogP contribution in [0.15, 0.2) is 47.4 Å². The second-order valence-electron chi connectivity index (χ2n) is 7.07. The number of carbonyl (C=O) groups excluding carboxylic acids is 2. The van der Waals surface area contributed by atoms with E-state index in [1.54, 1.807) is 13.0 Å². The molecule has 8 heteroatoms. The Labute approximate surface area is 157 Å². The van der Waals surface area contributed by atoms with Gasteiger partial charge in [-0.25, -0.2) is 8.42 Å². The van der Waals surface area contributed by atoms with Crippen LogP contribution in [0.3, 0.4) is 0 Å². The van der Waals surface area contributed by atoms with Crippen LogP contribution in [0, 0.1) is 6.92 Å². The van der Waals surface area contributed by atoms with E-state index in [1.165, 1.54) is 16.4 Å². The first-order valence-corrected chi connectivity index (χ1v) is 10.0. The van der Waals surface area contributed by atoms with Crippen molar-refractivity contribution in [2.75, 3.05) is 18.4 Å². The molecule has 0 saturated carbocycles. The highest BCUT2D eigenvalue weighted by molar-refractivity contribution is 7.89. The van der Waals surface area contributed by atoms with Crippen molar-refractivity contribution in [3.63, 3.8) is 0 Å². The molecule has 4 rings (SSSR count). The van der Waals surface area contributed by atoms with Crippen molar-refractivity contribution in [2.45, 2.75) is 23.7 Å². The average Bonchev–Trinajstić information content (AvgIpc) is 3.19. The van der Waals surface area contributed by atoms with Gasteiger partial charge in [0.05, 0.1) is 10.3 Å². The number of fused-ring (bicyclic) bond motifs is 2. The van der Waals surface area contributed by atoms with Crippen molar-refractivity contribution in [3.8, 4) is 0 Å². The van der Waals surface area contributed by atoms with Gasteiger partial charge in [-0.05, 0) is 48.7 Å². The normalized spacial score (nSPS) is 22.0. The zero-order valence-corrected chi connectivity index (χ0v) is 15.5. The number of primary amides is 1. The molecule has 2 aromatic rings. The highest BCUT2D eigenvalue weighted by Crippen LogP contribution is 2.45. The molecule has 3 N–H and O–H groups in total. The summed E-state index contributed by atoms with van der Waals surface area (Å²) in [5.41, 5.74) is 6.77. The molecule has 2 aliphatic rings. The van der Waals surface area contributed by atoms with Crippen LogP contribution < -0.4 is 11.1 Å². The lowest BCUT2D eigenvalue weighted by atomic mass is 9.81. The Kier molecular flexibility index (Phi) is 3.87. The first-order chi connectivity index (χ1) is 12.7. The van der Waals surface area contributed by atoms with Gasteiger partial charge in [0.15, 0.2) is 0 Å². The standard InChI is InChI=1S/C19H19N3O4S/c1-12-8-13(17(20)23)10-14(9-12)27(25,26)22-7-6-19(11-22)15-4-2-3-5-16(15)21-18(19)24/h2-5,8-10H,6-7,11H2,1H3,(H2,20,23)(H,21,24). The second kappa shape index (κ2) is 5.90. The third kappa shape index (κ3) is 2.64. The van der Waals surface area contributed by atoms with Crippen LogP contribution in [0.5, 0.6) is 0 Å². The van der Waals surface area contributed by atoms with Crippen molar-refractivity contribution >= 4 is 27.5 Å². The number of hydrogen-bond acceptors (Lipinski definition) is 4. The predicted molar refractivity (Wildman–Crippen MR) is 99.8 cm³/mol. The quantitative estimate of drug-likeness (QED) is 0.832. The molecule has 0 aromatic heterocycles. The summed E-state index contributed by atoms with van der Waals surface area (Å²) in [4.78, 5) is 24.2. The number of nitrogens with two attached hydrogens (primary N) is 1. The third-order valence-electron chi connectivity index (χ3n) is 5.33. The highest BCUT2D eigenvalue weighted by atomic mass is 32.2. The van der Waals surface area contributed by atoms with Crippen molar-refractivity contribution in [1.29, 1.82) is 0 Å². The molecule has 2 aliphatic heterocycles. The van der Waals surface area contributed by atoms with E-state index in [1.807, 2.05) is 24.3 Å². The number of rotatable bonds is 3. The molecule has 1 atom stereocenters. The summed E-state index contributed by atoms with van der Waals surface area (Å²) >= 11 is 0. The van der Waals surface area contributed by atoms with Gasteiger partial charge in [0.2, 0.25) is 21.8 Å². The molecule has 7 nitrogen and oxygen atoms in total. The molecule has 0 radical (unpaired) electrons. The molecule has 2 amide bonds. The Morgan fingerprint density at radius 1 is 1.22 bits per heavy atom. The van der Waals surface area contributed by atoms with Crippen LogP contribution in [-0.4, -0.2) is 37.6 Å². The van der Waals surface area contributed by atoms with E-state index in [2.05, 4.69) is 5.32 Å². The van der Waals surface area contributed by atoms with Crippen molar-refractivity contribution in [1.82, 2.24) is 4.31 Å². The Hall–Kier alpha value is -2.71. The lowest BCUT2D eigenvalue weighted by Gasteiger charge is -2.22.